The fourth-order valence-corrected chi connectivity index (χ4v) is 6.96. The monoisotopic (exact) mass is 582 g/mol. The molecule has 0 radical (unpaired) electrons. The predicted molar refractivity (Wildman–Crippen MR) is 160 cm³/mol. The number of halogens is 2. The summed E-state index contributed by atoms with van der Waals surface area (Å²) in [7, 11) is 1.67. The lowest BCUT2D eigenvalue weighted by molar-refractivity contribution is -0.0366. The second kappa shape index (κ2) is 12.1. The van der Waals surface area contributed by atoms with Gasteiger partial charge in [-0.2, -0.15) is 5.10 Å². The zero-order valence-electron chi connectivity index (χ0n) is 25.3. The third kappa shape index (κ3) is 5.88. The molecule has 3 atom stereocenters. The summed E-state index contributed by atoms with van der Waals surface area (Å²) < 4.78 is 48.1. The molecule has 3 aromatic rings. The highest BCUT2D eigenvalue weighted by molar-refractivity contribution is 5.84. The highest BCUT2D eigenvalue weighted by Gasteiger charge is 2.39. The Bertz CT molecular complexity index is 1380. The van der Waals surface area contributed by atoms with Crippen molar-refractivity contribution < 1.29 is 23.0 Å². The van der Waals surface area contributed by atoms with E-state index in [1.165, 1.54) is 5.56 Å². The molecule has 1 aromatic heterocycles. The van der Waals surface area contributed by atoms with E-state index in [1.807, 2.05) is 23.0 Å². The predicted octanol–water partition coefficient (Wildman–Crippen LogP) is 6.11. The third-order valence-corrected chi connectivity index (χ3v) is 9.03. The van der Waals surface area contributed by atoms with Crippen molar-refractivity contribution in [3.63, 3.8) is 0 Å². The van der Waals surface area contributed by atoms with Gasteiger partial charge in [-0.15, -0.1) is 0 Å². The Labute approximate surface area is 247 Å². The summed E-state index contributed by atoms with van der Waals surface area (Å²) in [5, 5.41) is 5.93. The van der Waals surface area contributed by atoms with Gasteiger partial charge < -0.3 is 14.2 Å². The van der Waals surface area contributed by atoms with Crippen LogP contribution in [0, 0.1) is 5.92 Å². The number of hydrogen-bond donors (Lipinski definition) is 0. The molecule has 0 saturated carbocycles. The smallest absolute Gasteiger partial charge is 0.150 e. The zero-order chi connectivity index (χ0) is 29.4. The van der Waals surface area contributed by atoms with E-state index >= 15 is 4.39 Å². The van der Waals surface area contributed by atoms with Gasteiger partial charge in [0.15, 0.2) is 6.23 Å². The van der Waals surface area contributed by atoms with Crippen LogP contribution < -0.4 is 9.47 Å². The van der Waals surface area contributed by atoms with E-state index in [-0.39, 0.29) is 30.9 Å². The van der Waals surface area contributed by atoms with E-state index in [4.69, 9.17) is 19.3 Å². The zero-order valence-corrected chi connectivity index (χ0v) is 25.3. The lowest BCUT2D eigenvalue weighted by Gasteiger charge is -2.44. The number of aromatic nitrogens is 2. The van der Waals surface area contributed by atoms with E-state index in [2.05, 4.69) is 34.9 Å². The maximum absolute atomic E-state index is 15.3. The first-order chi connectivity index (χ1) is 20.3. The first kappa shape index (κ1) is 29.3. The number of likely N-dealkylation sites (tertiary alicyclic amines) is 1. The molecule has 42 heavy (non-hydrogen) atoms. The van der Waals surface area contributed by atoms with E-state index in [9.17, 15) is 4.39 Å². The van der Waals surface area contributed by atoms with Gasteiger partial charge in [0.05, 0.1) is 31.5 Å². The standard InChI is InChI=1S/C33H44F2N4O3/c1-22-15-27-25(10-11-29-28(27)18-36-39(29)31-7-5-6-13-42-31)32(38(22)21-33(2,3)35)26-9-8-24(16-30(26)40-4)41-14-12-37-19-23(17-34)20-37/h8-11,16,18,22-23,31-32H,5-7,12-15,17,19-21H2,1-4H3/t22-,31?,32?/m1/s1. The van der Waals surface area contributed by atoms with Gasteiger partial charge in [0.2, 0.25) is 0 Å². The second-order valence-electron chi connectivity index (χ2n) is 12.9. The Hall–Kier alpha value is -2.75. The summed E-state index contributed by atoms with van der Waals surface area (Å²) in [4.78, 5) is 4.47. The first-order valence-corrected chi connectivity index (χ1v) is 15.4. The van der Waals surface area contributed by atoms with Crippen LogP contribution in [0.4, 0.5) is 8.78 Å². The summed E-state index contributed by atoms with van der Waals surface area (Å²) in [6, 6.07) is 10.2. The maximum Gasteiger partial charge on any atom is 0.150 e. The summed E-state index contributed by atoms with van der Waals surface area (Å²) in [5.41, 5.74) is 3.11. The molecule has 7 nitrogen and oxygen atoms in total. The number of methoxy groups -OCH3 is 1. The number of hydrogen-bond acceptors (Lipinski definition) is 6. The number of alkyl halides is 2. The van der Waals surface area contributed by atoms with Gasteiger partial charge >= 0.3 is 0 Å². The summed E-state index contributed by atoms with van der Waals surface area (Å²) in [5.74, 6) is 1.61. The van der Waals surface area contributed by atoms with Crippen molar-refractivity contribution in [1.29, 1.82) is 0 Å². The number of benzene rings is 2. The molecule has 2 unspecified atom stereocenters. The van der Waals surface area contributed by atoms with Gasteiger partial charge in [-0.25, -0.2) is 9.07 Å². The largest absolute Gasteiger partial charge is 0.496 e. The van der Waals surface area contributed by atoms with Gasteiger partial charge in [0.1, 0.15) is 23.8 Å². The molecular formula is C33H44F2N4O3. The van der Waals surface area contributed by atoms with Crippen LogP contribution >= 0.6 is 0 Å². The molecule has 0 spiro atoms. The van der Waals surface area contributed by atoms with Crippen molar-refractivity contribution in [2.45, 2.75) is 70.4 Å². The Morgan fingerprint density at radius 2 is 1.93 bits per heavy atom. The fraction of sp³-hybridized carbons (Fsp3) is 0.606. The van der Waals surface area contributed by atoms with Gasteiger partial charge in [-0.05, 0) is 75.8 Å². The minimum Gasteiger partial charge on any atom is -0.496 e. The van der Waals surface area contributed by atoms with Crippen LogP contribution in [0.2, 0.25) is 0 Å². The molecule has 228 valence electrons. The maximum atomic E-state index is 15.3. The van der Waals surface area contributed by atoms with Crippen molar-refractivity contribution in [3.8, 4) is 11.5 Å². The number of fused-ring (bicyclic) bond motifs is 3. The molecular weight excluding hydrogens is 538 g/mol. The lowest BCUT2D eigenvalue weighted by atomic mass is 9.82. The first-order valence-electron chi connectivity index (χ1n) is 15.4. The minimum atomic E-state index is -1.37. The topological polar surface area (TPSA) is 52.0 Å². The van der Waals surface area contributed by atoms with Crippen molar-refractivity contribution in [3.05, 3.63) is 53.2 Å². The lowest BCUT2D eigenvalue weighted by Crippen LogP contribution is -2.49. The molecule has 2 aromatic carbocycles. The van der Waals surface area contributed by atoms with Crippen LogP contribution in [0.1, 0.15) is 69.0 Å². The van der Waals surface area contributed by atoms with Crippen LogP contribution in [0.15, 0.2) is 36.5 Å². The number of rotatable bonds is 10. The molecule has 0 N–H and O–H groups in total. The molecule has 0 amide bonds. The van der Waals surface area contributed by atoms with Gasteiger partial charge in [0.25, 0.3) is 0 Å². The van der Waals surface area contributed by atoms with Crippen LogP contribution in [0.3, 0.4) is 0 Å². The number of nitrogens with zero attached hydrogens (tertiary/aromatic N) is 4. The molecule has 2 saturated heterocycles. The molecule has 2 fully saturated rings. The van der Waals surface area contributed by atoms with Crippen LogP contribution in [-0.4, -0.2) is 84.5 Å². The Balaban J connectivity index is 1.33. The van der Waals surface area contributed by atoms with E-state index < -0.39 is 5.67 Å². The van der Waals surface area contributed by atoms with E-state index in [1.54, 1.807) is 21.0 Å². The summed E-state index contributed by atoms with van der Waals surface area (Å²) in [6.45, 7) is 9.16. The van der Waals surface area contributed by atoms with Crippen molar-refractivity contribution in [2.75, 3.05) is 53.2 Å². The van der Waals surface area contributed by atoms with Crippen LogP contribution in [0.25, 0.3) is 10.9 Å². The Kier molecular flexibility index (Phi) is 8.44. The normalized spacial score (nSPS) is 24.0. The molecule has 9 heteroatoms. The Morgan fingerprint density at radius 1 is 1.12 bits per heavy atom. The molecule has 0 bridgehead atoms. The summed E-state index contributed by atoms with van der Waals surface area (Å²) in [6.07, 6.45) is 5.95. The Morgan fingerprint density at radius 3 is 2.64 bits per heavy atom. The van der Waals surface area contributed by atoms with Crippen molar-refractivity contribution in [1.82, 2.24) is 19.6 Å². The SMILES string of the molecule is COc1cc(OCCN2CC(CF)C2)ccc1C1c2ccc3c(cnn3C3CCCCO3)c2C[C@@H](C)N1CC(C)(C)F. The third-order valence-electron chi connectivity index (χ3n) is 9.03. The molecule has 0 aliphatic carbocycles. The van der Waals surface area contributed by atoms with Crippen LogP contribution in [0.5, 0.6) is 11.5 Å². The van der Waals surface area contributed by atoms with Gasteiger partial charge in [-0.1, -0.05) is 6.07 Å². The molecule has 6 rings (SSSR count). The molecule has 3 aliphatic rings. The van der Waals surface area contributed by atoms with Crippen molar-refractivity contribution >= 4 is 10.9 Å². The van der Waals surface area contributed by atoms with Crippen LogP contribution in [-0.2, 0) is 11.2 Å². The average Bonchev–Trinajstić information content (AvgIpc) is 3.39. The quantitative estimate of drug-likeness (QED) is 0.288. The number of ether oxygens (including phenoxy) is 3. The highest BCUT2D eigenvalue weighted by Crippen LogP contribution is 2.45. The molecule has 3 aliphatic heterocycles. The van der Waals surface area contributed by atoms with Gasteiger partial charge in [0, 0.05) is 61.8 Å². The molecule has 4 heterocycles. The minimum absolute atomic E-state index is 0.0335. The summed E-state index contributed by atoms with van der Waals surface area (Å²) >= 11 is 0. The van der Waals surface area contributed by atoms with E-state index in [0.29, 0.717) is 18.9 Å². The second-order valence-corrected chi connectivity index (χ2v) is 12.9. The van der Waals surface area contributed by atoms with E-state index in [0.717, 1.165) is 79.7 Å². The average molecular weight is 583 g/mol. The fourth-order valence-electron chi connectivity index (χ4n) is 6.96. The van der Waals surface area contributed by atoms with Gasteiger partial charge in [-0.3, -0.25) is 14.2 Å². The van der Waals surface area contributed by atoms with Crippen molar-refractivity contribution in [2.24, 2.45) is 5.92 Å². The highest BCUT2D eigenvalue weighted by atomic mass is 19.1.